The summed E-state index contributed by atoms with van der Waals surface area (Å²) in [5.41, 5.74) is 0. The molecule has 1 rings (SSSR count). The lowest BCUT2D eigenvalue weighted by Crippen LogP contribution is -1.97. The van der Waals surface area contributed by atoms with E-state index in [4.69, 9.17) is 0 Å². The molecule has 0 fully saturated rings. The second kappa shape index (κ2) is 2.40. The zero-order valence-electron chi connectivity index (χ0n) is 4.45. The number of nitrogens with zero attached hydrogens (tertiary/aromatic N) is 1. The van der Waals surface area contributed by atoms with Crippen molar-refractivity contribution in [2.24, 2.45) is 5.18 Å². The summed E-state index contributed by atoms with van der Waals surface area (Å²) < 4.78 is 0. The summed E-state index contributed by atoms with van der Waals surface area (Å²) in [5, 5.41) is 2.86. The van der Waals surface area contributed by atoms with Gasteiger partial charge in [0.1, 0.15) is 6.04 Å². The average molecular weight is 109 g/mol. The van der Waals surface area contributed by atoms with Crippen LogP contribution in [0.25, 0.3) is 0 Å². The minimum Gasteiger partial charge on any atom is -0.150 e. The Balaban J connectivity index is 2.51. The Kier molecular flexibility index (Phi) is 1.57. The van der Waals surface area contributed by atoms with E-state index in [9.17, 15) is 4.91 Å². The molecule has 0 aromatic heterocycles. The molecule has 1 atom stereocenters. The normalized spacial score (nSPS) is 25.8. The lowest BCUT2D eigenvalue weighted by Gasteiger charge is -1.99. The highest BCUT2D eigenvalue weighted by molar-refractivity contribution is 5.13. The highest BCUT2D eigenvalue weighted by atomic mass is 16.3. The Morgan fingerprint density at radius 2 is 2.38 bits per heavy atom. The highest BCUT2D eigenvalue weighted by Crippen LogP contribution is 2.05. The Hall–Kier alpha value is -0.920. The predicted molar refractivity (Wildman–Crippen MR) is 32.5 cm³/mol. The Bertz CT molecular complexity index is 137. The summed E-state index contributed by atoms with van der Waals surface area (Å²) in [7, 11) is 0. The quantitative estimate of drug-likeness (QED) is 0.470. The van der Waals surface area contributed by atoms with Crippen LogP contribution in [0, 0.1) is 4.91 Å². The van der Waals surface area contributed by atoms with Crippen molar-refractivity contribution in [2.45, 2.75) is 12.5 Å². The van der Waals surface area contributed by atoms with Gasteiger partial charge in [-0.2, -0.15) is 4.91 Å². The molecule has 0 amide bonds. The SMILES string of the molecule is O=NC1C=CC=CC1. The molecule has 1 unspecified atom stereocenters. The lowest BCUT2D eigenvalue weighted by molar-refractivity contribution is 0.819. The van der Waals surface area contributed by atoms with Crippen molar-refractivity contribution >= 4 is 0 Å². The van der Waals surface area contributed by atoms with Gasteiger partial charge in [-0.3, -0.25) is 0 Å². The zero-order chi connectivity index (χ0) is 5.82. The number of hydrogen-bond acceptors (Lipinski definition) is 2. The molecule has 0 bridgehead atoms. The van der Waals surface area contributed by atoms with Crippen LogP contribution in [-0.4, -0.2) is 6.04 Å². The average Bonchev–Trinajstić information content (AvgIpc) is 1.90. The summed E-state index contributed by atoms with van der Waals surface area (Å²) in [6.07, 6.45) is 8.26. The van der Waals surface area contributed by atoms with Gasteiger partial charge in [-0.15, -0.1) is 0 Å². The number of allylic oxidation sites excluding steroid dienone is 2. The maximum Gasteiger partial charge on any atom is 0.114 e. The van der Waals surface area contributed by atoms with Gasteiger partial charge in [-0.05, 0) is 6.42 Å². The third-order valence-corrected chi connectivity index (χ3v) is 1.09. The highest BCUT2D eigenvalue weighted by Gasteiger charge is 2.01. The first-order valence-electron chi connectivity index (χ1n) is 2.59. The van der Waals surface area contributed by atoms with Crippen molar-refractivity contribution in [1.82, 2.24) is 0 Å². The molecule has 2 nitrogen and oxygen atoms in total. The third kappa shape index (κ3) is 1.03. The van der Waals surface area contributed by atoms with Crippen molar-refractivity contribution in [3.8, 4) is 0 Å². The van der Waals surface area contributed by atoms with Crippen molar-refractivity contribution in [2.75, 3.05) is 0 Å². The molecule has 1 aliphatic rings. The van der Waals surface area contributed by atoms with E-state index in [1.165, 1.54) is 0 Å². The lowest BCUT2D eigenvalue weighted by atomic mass is 10.1. The van der Waals surface area contributed by atoms with Crippen LogP contribution in [0.15, 0.2) is 29.5 Å². The number of hydrogen-bond donors (Lipinski definition) is 0. The molecule has 0 spiro atoms. The van der Waals surface area contributed by atoms with Crippen LogP contribution in [0.1, 0.15) is 6.42 Å². The van der Waals surface area contributed by atoms with Gasteiger partial charge < -0.3 is 0 Å². The molecular formula is C6H7NO. The molecule has 1 aliphatic carbocycles. The fraction of sp³-hybridized carbons (Fsp3) is 0.333. The van der Waals surface area contributed by atoms with Crippen molar-refractivity contribution in [1.29, 1.82) is 0 Å². The molecular weight excluding hydrogens is 102 g/mol. The van der Waals surface area contributed by atoms with Gasteiger partial charge in [0, 0.05) is 0 Å². The first-order valence-corrected chi connectivity index (χ1v) is 2.59. The van der Waals surface area contributed by atoms with E-state index in [1.54, 1.807) is 6.08 Å². The third-order valence-electron chi connectivity index (χ3n) is 1.09. The number of rotatable bonds is 1. The maximum atomic E-state index is 9.82. The van der Waals surface area contributed by atoms with Crippen LogP contribution < -0.4 is 0 Å². The molecule has 0 aliphatic heterocycles. The Labute approximate surface area is 47.9 Å². The van der Waals surface area contributed by atoms with Crippen LogP contribution in [0.4, 0.5) is 0 Å². The maximum absolute atomic E-state index is 9.82. The topological polar surface area (TPSA) is 29.4 Å². The van der Waals surface area contributed by atoms with Gasteiger partial charge in [-0.25, -0.2) is 0 Å². The van der Waals surface area contributed by atoms with Crippen molar-refractivity contribution in [3.05, 3.63) is 29.2 Å². The van der Waals surface area contributed by atoms with Crippen LogP contribution in [-0.2, 0) is 0 Å². The van der Waals surface area contributed by atoms with Crippen LogP contribution in [0.2, 0.25) is 0 Å². The van der Waals surface area contributed by atoms with E-state index in [-0.39, 0.29) is 6.04 Å². The molecule has 42 valence electrons. The van der Waals surface area contributed by atoms with Gasteiger partial charge in [0.25, 0.3) is 0 Å². The Morgan fingerprint density at radius 3 is 2.75 bits per heavy atom. The standard InChI is InChI=1S/C6H7NO/c8-7-6-4-2-1-3-5-6/h1-4,6H,5H2. The molecule has 0 saturated carbocycles. The van der Waals surface area contributed by atoms with Gasteiger partial charge in [-0.1, -0.05) is 29.5 Å². The minimum absolute atomic E-state index is 0.111. The molecule has 0 radical (unpaired) electrons. The van der Waals surface area contributed by atoms with Crippen LogP contribution in [0.3, 0.4) is 0 Å². The second-order valence-electron chi connectivity index (χ2n) is 1.72. The molecule has 0 heterocycles. The summed E-state index contributed by atoms with van der Waals surface area (Å²) >= 11 is 0. The fourth-order valence-electron chi connectivity index (χ4n) is 0.646. The fourth-order valence-corrected chi connectivity index (χ4v) is 0.646. The monoisotopic (exact) mass is 109 g/mol. The molecule has 0 saturated heterocycles. The van der Waals surface area contributed by atoms with Gasteiger partial charge in [0.15, 0.2) is 0 Å². The van der Waals surface area contributed by atoms with Gasteiger partial charge in [0.05, 0.1) is 0 Å². The van der Waals surface area contributed by atoms with Crippen molar-refractivity contribution in [3.63, 3.8) is 0 Å². The summed E-state index contributed by atoms with van der Waals surface area (Å²) in [5.74, 6) is 0. The minimum atomic E-state index is -0.111. The zero-order valence-corrected chi connectivity index (χ0v) is 4.45. The van der Waals surface area contributed by atoms with Crippen molar-refractivity contribution < 1.29 is 0 Å². The molecule has 0 N–H and O–H groups in total. The van der Waals surface area contributed by atoms with Gasteiger partial charge >= 0.3 is 0 Å². The molecule has 8 heavy (non-hydrogen) atoms. The van der Waals surface area contributed by atoms with E-state index in [2.05, 4.69) is 5.18 Å². The van der Waals surface area contributed by atoms with E-state index < -0.39 is 0 Å². The van der Waals surface area contributed by atoms with Crippen LogP contribution in [0.5, 0.6) is 0 Å². The summed E-state index contributed by atoms with van der Waals surface area (Å²) in [4.78, 5) is 9.82. The van der Waals surface area contributed by atoms with E-state index >= 15 is 0 Å². The first kappa shape index (κ1) is 5.22. The first-order chi connectivity index (χ1) is 3.93. The molecule has 0 aromatic rings. The Morgan fingerprint density at radius 1 is 1.50 bits per heavy atom. The van der Waals surface area contributed by atoms with E-state index in [1.807, 2.05) is 18.2 Å². The largest absolute Gasteiger partial charge is 0.150 e. The molecule has 0 aromatic carbocycles. The molecule has 2 heteroatoms. The summed E-state index contributed by atoms with van der Waals surface area (Å²) in [6.45, 7) is 0. The van der Waals surface area contributed by atoms with E-state index in [0.29, 0.717) is 0 Å². The second-order valence-corrected chi connectivity index (χ2v) is 1.72. The summed E-state index contributed by atoms with van der Waals surface area (Å²) in [6, 6.07) is -0.111. The van der Waals surface area contributed by atoms with Gasteiger partial charge in [0.2, 0.25) is 0 Å². The smallest absolute Gasteiger partial charge is 0.114 e. The van der Waals surface area contributed by atoms with Crippen LogP contribution >= 0.6 is 0 Å². The predicted octanol–water partition coefficient (Wildman–Crippen LogP) is 1.64. The number of nitroso groups, excluding NO2 is 1. The van der Waals surface area contributed by atoms with E-state index in [0.717, 1.165) is 6.42 Å².